The minimum Gasteiger partial charge on any atom is -0.307 e. The highest BCUT2D eigenvalue weighted by atomic mass is 15.1. The predicted molar refractivity (Wildman–Crippen MR) is 168 cm³/mol. The topological polar surface area (TPSA) is 9.86 Å². The van der Waals surface area contributed by atoms with Crippen molar-refractivity contribution in [2.24, 2.45) is 0 Å². The SMILES string of the molecule is c1ccc(-c2ccc3c(c2)n(-c2ccccc2)c2c4ccc(-c5ccccc5)cc4n(-c4ccccc4)c32)cc1. The van der Waals surface area contributed by atoms with Gasteiger partial charge in [-0.05, 0) is 58.7 Å². The van der Waals surface area contributed by atoms with Crippen LogP contribution in [0.15, 0.2) is 158 Å². The van der Waals surface area contributed by atoms with Crippen molar-refractivity contribution in [3.63, 3.8) is 0 Å². The lowest BCUT2D eigenvalue weighted by atomic mass is 10.0. The van der Waals surface area contributed by atoms with Crippen LogP contribution >= 0.6 is 0 Å². The maximum Gasteiger partial charge on any atom is 0.0803 e. The van der Waals surface area contributed by atoms with Crippen LogP contribution in [0.25, 0.3) is 66.5 Å². The summed E-state index contributed by atoms with van der Waals surface area (Å²) < 4.78 is 4.89. The Bertz CT molecular complexity index is 1960. The van der Waals surface area contributed by atoms with Gasteiger partial charge >= 0.3 is 0 Å². The number of hydrogen-bond donors (Lipinski definition) is 0. The molecule has 6 aromatic carbocycles. The third kappa shape index (κ3) is 3.50. The van der Waals surface area contributed by atoms with E-state index in [4.69, 9.17) is 0 Å². The molecule has 0 atom stereocenters. The van der Waals surface area contributed by atoms with Crippen LogP contribution in [0.4, 0.5) is 0 Å². The minimum atomic E-state index is 1.16. The predicted octanol–water partition coefficient (Wildman–Crippen LogP) is 10.1. The number of para-hydroxylation sites is 2. The Balaban J connectivity index is 1.54. The van der Waals surface area contributed by atoms with Gasteiger partial charge in [-0.25, -0.2) is 0 Å². The van der Waals surface area contributed by atoms with Crippen molar-refractivity contribution in [1.29, 1.82) is 0 Å². The van der Waals surface area contributed by atoms with Crippen LogP contribution in [0.1, 0.15) is 0 Å². The largest absolute Gasteiger partial charge is 0.307 e. The quantitative estimate of drug-likeness (QED) is 0.223. The van der Waals surface area contributed by atoms with E-state index in [9.17, 15) is 0 Å². The summed E-state index contributed by atoms with van der Waals surface area (Å²) >= 11 is 0. The molecule has 0 aliphatic heterocycles. The van der Waals surface area contributed by atoms with Gasteiger partial charge in [-0.1, -0.05) is 121 Å². The standard InChI is InChI=1S/C38H26N2/c1-5-13-27(14-6-1)29-21-23-33-35(25-29)39(31-17-9-3-10-18-31)38-34-24-22-30(28-15-7-2-8-16-28)26-36(34)40(37(33)38)32-19-11-4-12-20-32/h1-26H. The molecule has 2 heteroatoms. The molecule has 0 amide bonds. The normalized spacial score (nSPS) is 11.5. The average Bonchev–Trinajstić information content (AvgIpc) is 3.54. The van der Waals surface area contributed by atoms with E-state index in [1.54, 1.807) is 0 Å². The summed E-state index contributed by atoms with van der Waals surface area (Å²) in [5.41, 5.74) is 12.1. The van der Waals surface area contributed by atoms with Gasteiger partial charge in [-0.3, -0.25) is 0 Å². The second kappa shape index (κ2) is 9.14. The first kappa shape index (κ1) is 22.6. The average molecular weight is 511 g/mol. The Morgan fingerprint density at radius 3 is 1.02 bits per heavy atom. The molecular formula is C38H26N2. The Hall–Kier alpha value is -5.34. The zero-order valence-corrected chi connectivity index (χ0v) is 21.9. The van der Waals surface area contributed by atoms with E-state index < -0.39 is 0 Å². The fourth-order valence-electron chi connectivity index (χ4n) is 6.09. The molecule has 2 aromatic heterocycles. The molecule has 0 aliphatic rings. The second-order valence-electron chi connectivity index (χ2n) is 10.2. The molecule has 0 spiro atoms. The van der Waals surface area contributed by atoms with Gasteiger partial charge in [0.25, 0.3) is 0 Å². The minimum absolute atomic E-state index is 1.16. The Morgan fingerprint density at radius 2 is 0.650 bits per heavy atom. The molecule has 2 nitrogen and oxygen atoms in total. The zero-order valence-electron chi connectivity index (χ0n) is 21.9. The molecule has 0 saturated heterocycles. The molecule has 0 radical (unpaired) electrons. The van der Waals surface area contributed by atoms with Crippen LogP contribution in [-0.2, 0) is 0 Å². The van der Waals surface area contributed by atoms with Crippen molar-refractivity contribution >= 4 is 32.8 Å². The molecule has 8 rings (SSSR count). The van der Waals surface area contributed by atoms with Crippen molar-refractivity contribution in [3.05, 3.63) is 158 Å². The number of aromatic nitrogens is 2. The number of hydrogen-bond acceptors (Lipinski definition) is 0. The van der Waals surface area contributed by atoms with Crippen molar-refractivity contribution in [2.75, 3.05) is 0 Å². The second-order valence-corrected chi connectivity index (χ2v) is 10.2. The summed E-state index contributed by atoms with van der Waals surface area (Å²) in [5.74, 6) is 0. The van der Waals surface area contributed by atoms with Crippen LogP contribution in [-0.4, -0.2) is 9.13 Å². The van der Waals surface area contributed by atoms with Gasteiger partial charge in [0.05, 0.1) is 22.1 Å². The fourth-order valence-corrected chi connectivity index (χ4v) is 6.09. The molecular weight excluding hydrogens is 484 g/mol. The first-order valence-corrected chi connectivity index (χ1v) is 13.7. The van der Waals surface area contributed by atoms with E-state index in [1.165, 1.54) is 55.1 Å². The molecule has 0 saturated carbocycles. The van der Waals surface area contributed by atoms with Crippen LogP contribution in [0.2, 0.25) is 0 Å². The number of rotatable bonds is 4. The first-order chi connectivity index (χ1) is 19.9. The Kier molecular flexibility index (Phi) is 5.17. The fraction of sp³-hybridized carbons (Fsp3) is 0. The molecule has 0 fully saturated rings. The molecule has 188 valence electrons. The Labute approximate surface area is 233 Å². The van der Waals surface area contributed by atoms with Crippen molar-refractivity contribution in [3.8, 4) is 33.6 Å². The first-order valence-electron chi connectivity index (χ1n) is 13.7. The Morgan fingerprint density at radius 1 is 0.300 bits per heavy atom. The summed E-state index contributed by atoms with van der Waals surface area (Å²) in [7, 11) is 0. The van der Waals surface area contributed by atoms with Crippen molar-refractivity contribution in [1.82, 2.24) is 9.13 Å². The van der Waals surface area contributed by atoms with Crippen LogP contribution in [0.3, 0.4) is 0 Å². The lowest BCUT2D eigenvalue weighted by Crippen LogP contribution is -1.94. The number of fused-ring (bicyclic) bond motifs is 5. The van der Waals surface area contributed by atoms with Crippen LogP contribution in [0.5, 0.6) is 0 Å². The van der Waals surface area contributed by atoms with Gasteiger partial charge in [0.15, 0.2) is 0 Å². The van der Waals surface area contributed by atoms with Crippen molar-refractivity contribution < 1.29 is 0 Å². The van der Waals surface area contributed by atoms with Gasteiger partial charge in [0.1, 0.15) is 0 Å². The lowest BCUT2D eigenvalue weighted by Gasteiger charge is -2.11. The highest BCUT2D eigenvalue weighted by Crippen LogP contribution is 2.42. The van der Waals surface area contributed by atoms with E-state index in [0.717, 1.165) is 11.4 Å². The monoisotopic (exact) mass is 510 g/mol. The van der Waals surface area contributed by atoms with E-state index in [-0.39, 0.29) is 0 Å². The molecule has 8 aromatic rings. The van der Waals surface area contributed by atoms with E-state index in [0.29, 0.717) is 0 Å². The van der Waals surface area contributed by atoms with Crippen LogP contribution < -0.4 is 0 Å². The van der Waals surface area contributed by atoms with Gasteiger partial charge in [0, 0.05) is 22.1 Å². The highest BCUT2D eigenvalue weighted by molar-refractivity contribution is 6.20. The third-order valence-corrected chi connectivity index (χ3v) is 7.90. The van der Waals surface area contributed by atoms with Gasteiger partial charge in [-0.15, -0.1) is 0 Å². The molecule has 0 N–H and O–H groups in total. The summed E-state index contributed by atoms with van der Waals surface area (Å²) in [6.45, 7) is 0. The van der Waals surface area contributed by atoms with Crippen LogP contribution in [0, 0.1) is 0 Å². The number of nitrogens with zero attached hydrogens (tertiary/aromatic N) is 2. The number of benzene rings is 6. The molecule has 0 bridgehead atoms. The van der Waals surface area contributed by atoms with Gasteiger partial charge in [-0.2, -0.15) is 0 Å². The third-order valence-electron chi connectivity index (χ3n) is 7.90. The molecule has 0 unspecified atom stereocenters. The van der Waals surface area contributed by atoms with Gasteiger partial charge in [0.2, 0.25) is 0 Å². The summed E-state index contributed by atoms with van der Waals surface area (Å²) in [6.07, 6.45) is 0. The maximum absolute atomic E-state index is 2.45. The molecule has 2 heterocycles. The van der Waals surface area contributed by atoms with Crippen molar-refractivity contribution in [2.45, 2.75) is 0 Å². The smallest absolute Gasteiger partial charge is 0.0803 e. The maximum atomic E-state index is 2.45. The molecule has 0 aliphatic carbocycles. The summed E-state index contributed by atoms with van der Waals surface area (Å²) in [5, 5.41) is 2.47. The zero-order chi connectivity index (χ0) is 26.5. The molecule has 40 heavy (non-hydrogen) atoms. The highest BCUT2D eigenvalue weighted by Gasteiger charge is 2.22. The lowest BCUT2D eigenvalue weighted by molar-refractivity contribution is 1.17. The van der Waals surface area contributed by atoms with E-state index in [1.807, 2.05) is 0 Å². The summed E-state index contributed by atoms with van der Waals surface area (Å²) in [6, 6.07) is 56.6. The van der Waals surface area contributed by atoms with E-state index in [2.05, 4.69) is 167 Å². The van der Waals surface area contributed by atoms with Gasteiger partial charge < -0.3 is 9.13 Å². The summed E-state index contributed by atoms with van der Waals surface area (Å²) in [4.78, 5) is 0. The van der Waals surface area contributed by atoms with E-state index >= 15 is 0 Å².